The van der Waals surface area contributed by atoms with Crippen LogP contribution in [0.5, 0.6) is 17.2 Å². The summed E-state index contributed by atoms with van der Waals surface area (Å²) < 4.78 is 26.1. The summed E-state index contributed by atoms with van der Waals surface area (Å²) in [4.78, 5) is 8.78. The van der Waals surface area contributed by atoms with Crippen molar-refractivity contribution in [1.82, 2.24) is 9.97 Å². The van der Waals surface area contributed by atoms with E-state index < -0.39 is 11.0 Å². The Morgan fingerprint density at radius 2 is 1.97 bits per heavy atom. The van der Waals surface area contributed by atoms with Gasteiger partial charge in [-0.1, -0.05) is 11.6 Å². The van der Waals surface area contributed by atoms with Crippen LogP contribution in [0, 0.1) is 0 Å². The van der Waals surface area contributed by atoms with Gasteiger partial charge in [-0.25, -0.2) is 14.2 Å². The Labute approximate surface area is 190 Å². The number of ether oxygens (including phenoxy) is 2. The van der Waals surface area contributed by atoms with Gasteiger partial charge in [0, 0.05) is 34.0 Å². The summed E-state index contributed by atoms with van der Waals surface area (Å²) in [5.41, 5.74) is 0.822. The maximum atomic E-state index is 13.6. The molecule has 160 valence electrons. The molecule has 0 radical (unpaired) electrons. The molecule has 0 aliphatic rings. The second-order valence-electron chi connectivity index (χ2n) is 6.42. The van der Waals surface area contributed by atoms with Crippen LogP contribution in [0.1, 0.15) is 5.56 Å². The first kappa shape index (κ1) is 21.4. The molecule has 1 N–H and O–H groups in total. The van der Waals surface area contributed by atoms with Crippen molar-refractivity contribution in [2.45, 2.75) is 11.4 Å². The highest BCUT2D eigenvalue weighted by Crippen LogP contribution is 2.33. The van der Waals surface area contributed by atoms with Crippen molar-refractivity contribution in [3.8, 4) is 17.2 Å². The normalized spacial score (nSPS) is 12.0. The van der Waals surface area contributed by atoms with Crippen LogP contribution in [0.25, 0.3) is 10.8 Å². The molecule has 1 atom stereocenters. The first-order valence-corrected chi connectivity index (χ1v) is 11.4. The van der Waals surface area contributed by atoms with Gasteiger partial charge >= 0.3 is 0 Å². The Balaban J connectivity index is 1.75. The predicted octanol–water partition coefficient (Wildman–Crippen LogP) is 4.80. The van der Waals surface area contributed by atoms with Gasteiger partial charge in [-0.05, 0) is 30.3 Å². The quantitative estimate of drug-likeness (QED) is 0.386. The minimum atomic E-state index is -1.62. The molecule has 0 saturated carbocycles. The summed E-state index contributed by atoms with van der Waals surface area (Å²) in [6.07, 6.45) is 2.94. The highest BCUT2D eigenvalue weighted by molar-refractivity contribution is 7.86. The topological polar surface area (TPSA) is 84.8 Å². The van der Waals surface area contributed by atoms with Crippen LogP contribution in [0.2, 0.25) is 5.15 Å². The molecule has 0 aliphatic carbocycles. The number of halogens is 1. The minimum absolute atomic E-state index is 0.0316. The average Bonchev–Trinajstić information content (AvgIpc) is 3.34. The Kier molecular flexibility index (Phi) is 6.26. The van der Waals surface area contributed by atoms with E-state index in [4.69, 9.17) is 21.1 Å². The third-order valence-electron chi connectivity index (χ3n) is 4.63. The highest BCUT2D eigenvalue weighted by Gasteiger charge is 2.22. The number of methoxy groups -OCH3 is 2. The van der Waals surface area contributed by atoms with Crippen molar-refractivity contribution < 1.29 is 18.8 Å². The zero-order valence-corrected chi connectivity index (χ0v) is 19.0. The van der Waals surface area contributed by atoms with Crippen LogP contribution in [-0.4, -0.2) is 33.5 Å². The van der Waals surface area contributed by atoms with E-state index in [1.165, 1.54) is 17.5 Å². The fraction of sp³-hybridized carbons (Fsp3) is 0.143. The molecule has 0 fully saturated rings. The first-order chi connectivity index (χ1) is 15.0. The number of benzene rings is 2. The van der Waals surface area contributed by atoms with Crippen LogP contribution >= 0.6 is 22.9 Å². The fourth-order valence-electron chi connectivity index (χ4n) is 3.08. The first-order valence-electron chi connectivity index (χ1n) is 9.09. The Morgan fingerprint density at radius 1 is 1.13 bits per heavy atom. The average molecular weight is 476 g/mol. The summed E-state index contributed by atoms with van der Waals surface area (Å²) in [5, 5.41) is 13.9. The van der Waals surface area contributed by atoms with Crippen molar-refractivity contribution in [3.05, 3.63) is 64.9 Å². The van der Waals surface area contributed by atoms with Gasteiger partial charge in [0.15, 0.2) is 16.1 Å². The maximum Gasteiger partial charge on any atom is 0.197 e. The second-order valence-corrected chi connectivity index (χ2v) is 9.06. The molecule has 1 unspecified atom stereocenters. The largest absolute Gasteiger partial charge is 0.506 e. The number of aromatic nitrogens is 2. The van der Waals surface area contributed by atoms with Gasteiger partial charge in [-0.2, -0.15) is 0 Å². The summed E-state index contributed by atoms with van der Waals surface area (Å²) in [6, 6.07) is 10.5. The smallest absolute Gasteiger partial charge is 0.197 e. The Hall–Kier alpha value is -2.88. The molecule has 2 aromatic heterocycles. The monoisotopic (exact) mass is 475 g/mol. The van der Waals surface area contributed by atoms with Crippen molar-refractivity contribution >= 4 is 49.8 Å². The second kappa shape index (κ2) is 9.09. The van der Waals surface area contributed by atoms with Crippen LogP contribution in [-0.2, 0) is 17.5 Å². The van der Waals surface area contributed by atoms with Gasteiger partial charge in [0.1, 0.15) is 22.4 Å². The van der Waals surface area contributed by atoms with Crippen LogP contribution in [0.4, 0.5) is 5.13 Å². The summed E-state index contributed by atoms with van der Waals surface area (Å²) >= 11 is 7.51. The third-order valence-corrected chi connectivity index (χ3v) is 7.20. The SMILES string of the molecule is COc1ccc(CN(c2nccs2)S(=O)c2ccc3c(Cl)ncc(O)c3c2)c(OC)c1. The number of thiazole rings is 1. The van der Waals surface area contributed by atoms with Gasteiger partial charge in [0.2, 0.25) is 0 Å². The number of nitrogens with zero attached hydrogens (tertiary/aromatic N) is 3. The van der Waals surface area contributed by atoms with E-state index in [0.717, 1.165) is 5.56 Å². The summed E-state index contributed by atoms with van der Waals surface area (Å²) in [6.45, 7) is 0.286. The molecule has 31 heavy (non-hydrogen) atoms. The van der Waals surface area contributed by atoms with Crippen LogP contribution in [0.3, 0.4) is 0 Å². The zero-order valence-electron chi connectivity index (χ0n) is 16.6. The number of anilines is 1. The fourth-order valence-corrected chi connectivity index (χ4v) is 5.28. The molecule has 7 nitrogen and oxygen atoms in total. The molecular weight excluding hydrogens is 458 g/mol. The van der Waals surface area contributed by atoms with E-state index in [0.29, 0.717) is 32.3 Å². The number of hydrogen-bond acceptors (Lipinski definition) is 7. The molecule has 0 saturated heterocycles. The molecular formula is C21H18ClN3O4S2. The van der Waals surface area contributed by atoms with Crippen LogP contribution in [0.15, 0.2) is 59.1 Å². The summed E-state index contributed by atoms with van der Waals surface area (Å²) in [7, 11) is 1.54. The van der Waals surface area contributed by atoms with E-state index in [-0.39, 0.29) is 17.4 Å². The molecule has 0 aliphatic heterocycles. The van der Waals surface area contributed by atoms with Crippen molar-refractivity contribution in [2.75, 3.05) is 18.5 Å². The molecule has 0 bridgehead atoms. The molecule has 4 aromatic rings. The zero-order chi connectivity index (χ0) is 22.0. The standard InChI is InChI=1S/C21H18ClN3O4S2/c1-28-14-4-3-13(19(9-14)29-2)12-25(21-23-7-8-30-21)31(27)15-5-6-16-17(10-15)18(26)11-24-20(16)22/h3-11,26H,12H2,1-2H3. The van der Waals surface area contributed by atoms with Crippen molar-refractivity contribution in [3.63, 3.8) is 0 Å². The number of fused-ring (bicyclic) bond motifs is 1. The van der Waals surface area contributed by atoms with E-state index in [2.05, 4.69) is 9.97 Å². The van der Waals surface area contributed by atoms with Gasteiger partial charge in [0.05, 0.1) is 31.9 Å². The van der Waals surface area contributed by atoms with Gasteiger partial charge < -0.3 is 14.6 Å². The summed E-state index contributed by atoms with van der Waals surface area (Å²) in [5.74, 6) is 1.25. The van der Waals surface area contributed by atoms with Crippen molar-refractivity contribution in [1.29, 1.82) is 0 Å². The molecule has 10 heteroatoms. The lowest BCUT2D eigenvalue weighted by Crippen LogP contribution is -2.25. The lowest BCUT2D eigenvalue weighted by molar-refractivity contribution is 0.391. The number of pyridine rings is 1. The molecule has 2 heterocycles. The lowest BCUT2D eigenvalue weighted by Gasteiger charge is -2.22. The van der Waals surface area contributed by atoms with Gasteiger partial charge in [-0.15, -0.1) is 11.3 Å². The van der Waals surface area contributed by atoms with Crippen molar-refractivity contribution in [2.24, 2.45) is 0 Å². The maximum absolute atomic E-state index is 13.6. The van der Waals surface area contributed by atoms with Gasteiger partial charge in [-0.3, -0.25) is 4.31 Å². The number of rotatable bonds is 7. The number of hydrogen-bond donors (Lipinski definition) is 1. The van der Waals surface area contributed by atoms with E-state index >= 15 is 0 Å². The molecule has 0 spiro atoms. The Morgan fingerprint density at radius 3 is 2.68 bits per heavy atom. The van der Waals surface area contributed by atoms with E-state index in [1.807, 2.05) is 17.5 Å². The van der Waals surface area contributed by atoms with Crippen LogP contribution < -0.4 is 13.8 Å². The van der Waals surface area contributed by atoms with E-state index in [9.17, 15) is 9.32 Å². The third kappa shape index (κ3) is 4.30. The molecule has 2 aromatic carbocycles. The Bertz CT molecular complexity index is 1250. The molecule has 0 amide bonds. The highest BCUT2D eigenvalue weighted by atomic mass is 35.5. The number of aromatic hydroxyl groups is 1. The van der Waals surface area contributed by atoms with E-state index in [1.54, 1.807) is 49.0 Å². The van der Waals surface area contributed by atoms with Gasteiger partial charge in [0.25, 0.3) is 0 Å². The lowest BCUT2D eigenvalue weighted by atomic mass is 10.2. The molecule has 4 rings (SSSR count). The predicted molar refractivity (Wildman–Crippen MR) is 123 cm³/mol. The minimum Gasteiger partial charge on any atom is -0.506 e.